The van der Waals surface area contributed by atoms with Crippen LogP contribution in [0.5, 0.6) is 0 Å². The average molecular weight is 449 g/mol. The number of nitrogens with zero attached hydrogens (tertiary/aromatic N) is 4. The normalized spacial score (nSPS) is 16.2. The van der Waals surface area contributed by atoms with Crippen LogP contribution in [0, 0.1) is 11.8 Å². The third kappa shape index (κ3) is 4.87. The number of hydrogen-bond donors (Lipinski definition) is 2. The highest BCUT2D eigenvalue weighted by Gasteiger charge is 2.25. The van der Waals surface area contributed by atoms with E-state index in [2.05, 4.69) is 15.4 Å². The zero-order valence-electron chi connectivity index (χ0n) is 18.8. The van der Waals surface area contributed by atoms with E-state index < -0.39 is 5.91 Å². The molecule has 33 heavy (non-hydrogen) atoms. The highest BCUT2D eigenvalue weighted by molar-refractivity contribution is 6.11. The van der Waals surface area contributed by atoms with Gasteiger partial charge in [0.25, 0.3) is 11.5 Å². The molecule has 0 spiro atoms. The Morgan fingerprint density at radius 3 is 2.61 bits per heavy atom. The Morgan fingerprint density at radius 2 is 1.94 bits per heavy atom. The van der Waals surface area contributed by atoms with Crippen molar-refractivity contribution in [2.75, 3.05) is 23.3 Å². The summed E-state index contributed by atoms with van der Waals surface area (Å²) < 4.78 is 1.36. The first-order chi connectivity index (χ1) is 15.8. The van der Waals surface area contributed by atoms with Gasteiger partial charge in [0.05, 0.1) is 23.2 Å². The maximum Gasteiger partial charge on any atom is 0.276 e. The van der Waals surface area contributed by atoms with Crippen LogP contribution in [0.2, 0.25) is 0 Å². The van der Waals surface area contributed by atoms with Crippen molar-refractivity contribution >= 4 is 34.1 Å². The van der Waals surface area contributed by atoms with E-state index in [9.17, 15) is 14.4 Å². The van der Waals surface area contributed by atoms with Crippen LogP contribution in [0.1, 0.15) is 37.2 Å². The van der Waals surface area contributed by atoms with Gasteiger partial charge in [-0.25, -0.2) is 9.67 Å². The van der Waals surface area contributed by atoms with Gasteiger partial charge in [0.15, 0.2) is 5.69 Å². The second kappa shape index (κ2) is 9.40. The van der Waals surface area contributed by atoms with Gasteiger partial charge in [-0.2, -0.15) is 5.10 Å². The van der Waals surface area contributed by atoms with Gasteiger partial charge >= 0.3 is 0 Å². The quantitative estimate of drug-likeness (QED) is 0.597. The molecule has 3 heterocycles. The Kier molecular flexibility index (Phi) is 6.39. The molecule has 1 unspecified atom stereocenters. The highest BCUT2D eigenvalue weighted by atomic mass is 16.2. The number of nitrogens with two attached hydrogens (primary N) is 1. The lowest BCUT2D eigenvalue weighted by atomic mass is 9.97. The molecule has 0 bridgehead atoms. The van der Waals surface area contributed by atoms with Crippen LogP contribution in [-0.4, -0.2) is 39.7 Å². The lowest BCUT2D eigenvalue weighted by Gasteiger charge is -2.32. The average Bonchev–Trinajstić information content (AvgIpc) is 2.81. The lowest BCUT2D eigenvalue weighted by Crippen LogP contribution is -2.41. The Balaban J connectivity index is 1.57. The van der Waals surface area contributed by atoms with Crippen molar-refractivity contribution in [3.8, 4) is 0 Å². The van der Waals surface area contributed by atoms with Gasteiger partial charge in [0.1, 0.15) is 5.82 Å². The molecule has 0 radical (unpaired) electrons. The number of carbonyl (C=O) groups excluding carboxylic acids is 2. The molecular weight excluding hydrogens is 420 g/mol. The largest absolute Gasteiger partial charge is 0.369 e. The van der Waals surface area contributed by atoms with Crippen LogP contribution < -0.4 is 21.5 Å². The number of nitrogens with one attached hydrogen (secondary N) is 1. The third-order valence-electron chi connectivity index (χ3n) is 5.77. The van der Waals surface area contributed by atoms with Crippen molar-refractivity contribution in [3.05, 3.63) is 58.6 Å². The van der Waals surface area contributed by atoms with E-state index in [-0.39, 0.29) is 29.0 Å². The predicted molar refractivity (Wildman–Crippen MR) is 127 cm³/mol. The monoisotopic (exact) mass is 448 g/mol. The number of benzene rings is 1. The predicted octanol–water partition coefficient (Wildman–Crippen LogP) is 2.40. The molecule has 1 fully saturated rings. The minimum absolute atomic E-state index is 0.180. The number of hydrogen-bond acceptors (Lipinski definition) is 6. The molecule has 1 atom stereocenters. The van der Waals surface area contributed by atoms with Crippen molar-refractivity contribution in [2.45, 2.75) is 33.2 Å². The van der Waals surface area contributed by atoms with Crippen LogP contribution in [0.15, 0.2) is 47.4 Å². The van der Waals surface area contributed by atoms with Crippen molar-refractivity contribution in [3.63, 3.8) is 0 Å². The molecule has 1 aromatic carbocycles. The molecular formula is C24H28N6O3. The van der Waals surface area contributed by atoms with Crippen molar-refractivity contribution in [1.82, 2.24) is 14.8 Å². The Labute approximate surface area is 191 Å². The zero-order valence-corrected chi connectivity index (χ0v) is 18.8. The number of carbonyl (C=O) groups is 2. The number of fused-ring (bicyclic) bond motifs is 1. The van der Waals surface area contributed by atoms with Crippen LogP contribution in [-0.2, 0) is 11.3 Å². The number of rotatable bonds is 6. The summed E-state index contributed by atoms with van der Waals surface area (Å²) in [6.07, 6.45) is 3.24. The number of amides is 2. The van der Waals surface area contributed by atoms with Gasteiger partial charge in [0.2, 0.25) is 5.91 Å². The molecule has 0 aliphatic carbocycles. The summed E-state index contributed by atoms with van der Waals surface area (Å²) in [5.74, 6) is 0.0499. The van der Waals surface area contributed by atoms with E-state index in [1.807, 2.05) is 24.8 Å². The van der Waals surface area contributed by atoms with E-state index in [1.54, 1.807) is 36.5 Å². The number of aromatic nitrogens is 3. The number of pyridine rings is 1. The van der Waals surface area contributed by atoms with Crippen molar-refractivity contribution in [2.24, 2.45) is 17.6 Å². The van der Waals surface area contributed by atoms with E-state index in [0.717, 1.165) is 25.2 Å². The fourth-order valence-electron chi connectivity index (χ4n) is 4.13. The van der Waals surface area contributed by atoms with Crippen LogP contribution in [0.3, 0.4) is 0 Å². The van der Waals surface area contributed by atoms with E-state index >= 15 is 0 Å². The van der Waals surface area contributed by atoms with Gasteiger partial charge in [-0.1, -0.05) is 32.0 Å². The molecule has 9 nitrogen and oxygen atoms in total. The topological polar surface area (TPSA) is 123 Å². The molecule has 3 aromatic rings. The molecule has 3 N–H and O–H groups in total. The second-order valence-corrected chi connectivity index (χ2v) is 8.82. The molecule has 4 rings (SSSR count). The summed E-state index contributed by atoms with van der Waals surface area (Å²) in [7, 11) is 0. The third-order valence-corrected chi connectivity index (χ3v) is 5.77. The molecule has 0 saturated carbocycles. The smallest absolute Gasteiger partial charge is 0.276 e. The summed E-state index contributed by atoms with van der Waals surface area (Å²) in [6, 6.07) is 10.6. The minimum Gasteiger partial charge on any atom is -0.369 e. The Bertz CT molecular complexity index is 1240. The highest BCUT2D eigenvalue weighted by Crippen LogP contribution is 2.23. The fraction of sp³-hybridized carbons (Fsp3) is 0.375. The van der Waals surface area contributed by atoms with E-state index in [0.29, 0.717) is 29.5 Å². The molecule has 172 valence electrons. The van der Waals surface area contributed by atoms with Crippen LogP contribution >= 0.6 is 0 Å². The van der Waals surface area contributed by atoms with Gasteiger partial charge < -0.3 is 16.0 Å². The maximum atomic E-state index is 13.1. The van der Waals surface area contributed by atoms with Gasteiger partial charge in [-0.15, -0.1) is 0 Å². The number of anilines is 2. The van der Waals surface area contributed by atoms with Gasteiger partial charge in [-0.05, 0) is 37.0 Å². The summed E-state index contributed by atoms with van der Waals surface area (Å²) in [4.78, 5) is 43.9. The molecule has 1 aliphatic rings. The standard InChI is InChI=1S/C24H28N6O3/c1-15(2)13-30-24(33)19-8-4-3-7-18(19)21(28-30)23(32)27-17-9-10-20(26-12-17)29-11-5-6-16(14-29)22(25)31/h3-4,7-10,12,15-16H,5-6,11,13-14H2,1-2H3,(H2,25,31)(H,27,32). The summed E-state index contributed by atoms with van der Waals surface area (Å²) in [5.41, 5.74) is 5.96. The molecule has 9 heteroatoms. The number of primary amides is 1. The number of piperidine rings is 1. The summed E-state index contributed by atoms with van der Waals surface area (Å²) >= 11 is 0. The first-order valence-electron chi connectivity index (χ1n) is 11.1. The summed E-state index contributed by atoms with van der Waals surface area (Å²) in [5, 5.41) is 8.18. The van der Waals surface area contributed by atoms with E-state index in [1.165, 1.54) is 4.68 Å². The molecule has 1 saturated heterocycles. The Morgan fingerprint density at radius 1 is 1.18 bits per heavy atom. The van der Waals surface area contributed by atoms with Gasteiger partial charge in [0, 0.05) is 25.0 Å². The zero-order chi connectivity index (χ0) is 23.5. The van der Waals surface area contributed by atoms with Gasteiger partial charge in [-0.3, -0.25) is 14.4 Å². The maximum absolute atomic E-state index is 13.1. The van der Waals surface area contributed by atoms with Crippen LogP contribution in [0.4, 0.5) is 11.5 Å². The SMILES string of the molecule is CC(C)Cn1nc(C(=O)Nc2ccc(N3CCCC(C(N)=O)C3)nc2)c2ccccc2c1=O. The first kappa shape index (κ1) is 22.4. The van der Waals surface area contributed by atoms with Crippen LogP contribution in [0.25, 0.3) is 10.8 Å². The molecule has 2 amide bonds. The lowest BCUT2D eigenvalue weighted by molar-refractivity contribution is -0.122. The van der Waals surface area contributed by atoms with E-state index in [4.69, 9.17) is 5.73 Å². The van der Waals surface area contributed by atoms with Crippen molar-refractivity contribution in [1.29, 1.82) is 0 Å². The summed E-state index contributed by atoms with van der Waals surface area (Å²) in [6.45, 7) is 5.74. The van der Waals surface area contributed by atoms with Crippen molar-refractivity contribution < 1.29 is 9.59 Å². The molecule has 1 aliphatic heterocycles. The Hall–Kier alpha value is -3.75. The first-order valence-corrected chi connectivity index (χ1v) is 11.1. The minimum atomic E-state index is -0.412. The second-order valence-electron chi connectivity index (χ2n) is 8.82. The fourth-order valence-corrected chi connectivity index (χ4v) is 4.13. The molecule has 2 aromatic heterocycles.